The zero-order chi connectivity index (χ0) is 19.9. The summed E-state index contributed by atoms with van der Waals surface area (Å²) in [6, 6.07) is 23.1. The van der Waals surface area contributed by atoms with E-state index in [0.717, 1.165) is 11.3 Å². The first kappa shape index (κ1) is 19.5. The van der Waals surface area contributed by atoms with Gasteiger partial charge in [0.25, 0.3) is 5.91 Å². The van der Waals surface area contributed by atoms with Crippen LogP contribution in [0.25, 0.3) is 0 Å². The number of carbonyl (C=O) groups is 1. The van der Waals surface area contributed by atoms with Crippen LogP contribution in [0.5, 0.6) is 11.5 Å². The van der Waals surface area contributed by atoms with Gasteiger partial charge in [0.05, 0.1) is 7.11 Å². The van der Waals surface area contributed by atoms with Crippen LogP contribution in [-0.4, -0.2) is 13.0 Å². The minimum atomic E-state index is -0.266. The van der Waals surface area contributed by atoms with Gasteiger partial charge in [-0.2, -0.15) is 0 Å². The van der Waals surface area contributed by atoms with Gasteiger partial charge in [-0.25, -0.2) is 0 Å². The van der Waals surface area contributed by atoms with Crippen LogP contribution in [0.2, 0.25) is 0 Å². The third-order valence-corrected chi connectivity index (χ3v) is 4.51. The lowest BCUT2D eigenvalue weighted by atomic mass is 10.0. The highest BCUT2D eigenvalue weighted by molar-refractivity contribution is 6.08. The molecule has 0 saturated heterocycles. The number of hydrogen-bond donors (Lipinski definition) is 1. The van der Waals surface area contributed by atoms with E-state index in [1.165, 1.54) is 5.56 Å². The molecule has 0 aliphatic carbocycles. The highest BCUT2D eigenvalue weighted by atomic mass is 16.5. The molecule has 0 saturated carbocycles. The Kier molecular flexibility index (Phi) is 6.33. The molecular weight excluding hydrogens is 350 g/mol. The summed E-state index contributed by atoms with van der Waals surface area (Å²) in [7, 11) is 1.55. The van der Waals surface area contributed by atoms with Crippen molar-refractivity contribution in [2.45, 2.75) is 26.4 Å². The Morgan fingerprint density at radius 3 is 2.21 bits per heavy atom. The number of rotatable bonds is 7. The molecule has 3 aromatic rings. The zero-order valence-corrected chi connectivity index (χ0v) is 16.4. The smallest absolute Gasteiger partial charge is 0.263 e. The number of anilines is 1. The molecule has 3 aromatic carbocycles. The fourth-order valence-corrected chi connectivity index (χ4v) is 2.91. The molecule has 0 unspecified atom stereocenters. The molecular formula is C24H25NO3. The third kappa shape index (κ3) is 4.71. The van der Waals surface area contributed by atoms with Crippen molar-refractivity contribution in [3.05, 3.63) is 89.5 Å². The molecule has 28 heavy (non-hydrogen) atoms. The molecule has 0 aliphatic rings. The Morgan fingerprint density at radius 1 is 0.893 bits per heavy atom. The highest BCUT2D eigenvalue weighted by Crippen LogP contribution is 2.30. The van der Waals surface area contributed by atoms with E-state index in [2.05, 4.69) is 19.2 Å². The number of benzene rings is 3. The number of carbonyl (C=O) groups excluding carboxylic acids is 1. The highest BCUT2D eigenvalue weighted by Gasteiger charge is 2.19. The second-order valence-electron chi connectivity index (χ2n) is 6.84. The predicted molar refractivity (Wildman–Crippen MR) is 112 cm³/mol. The fraction of sp³-hybridized carbons (Fsp3) is 0.208. The normalized spacial score (nSPS) is 10.6. The lowest BCUT2D eigenvalue weighted by molar-refractivity contribution is 0.101. The maximum atomic E-state index is 13.0. The van der Waals surface area contributed by atoms with Gasteiger partial charge < -0.3 is 14.8 Å². The summed E-state index contributed by atoms with van der Waals surface area (Å²) in [5.74, 6) is 1.14. The van der Waals surface area contributed by atoms with Crippen molar-refractivity contribution in [1.82, 2.24) is 0 Å². The zero-order valence-electron chi connectivity index (χ0n) is 16.4. The molecule has 1 N–H and O–H groups in total. The number of nitrogens with one attached hydrogen (secondary N) is 1. The first-order chi connectivity index (χ1) is 13.6. The van der Waals surface area contributed by atoms with Crippen molar-refractivity contribution in [2.75, 3.05) is 12.4 Å². The Bertz CT molecular complexity index is 918. The minimum absolute atomic E-state index is 0.266. The maximum absolute atomic E-state index is 13.0. The summed E-state index contributed by atoms with van der Waals surface area (Å²) in [5.41, 5.74) is 3.37. The standard InChI is InChI=1S/C24H25NO3/c1-17(2)19-12-14-20(15-13-19)25-24(26)23-21(27-3)10-7-11-22(23)28-16-18-8-5-4-6-9-18/h4-15,17H,16H2,1-3H3,(H,25,26). The summed E-state index contributed by atoms with van der Waals surface area (Å²) in [5, 5.41) is 2.94. The minimum Gasteiger partial charge on any atom is -0.496 e. The summed E-state index contributed by atoms with van der Waals surface area (Å²) in [6.45, 7) is 4.65. The van der Waals surface area contributed by atoms with Gasteiger partial charge in [-0.3, -0.25) is 4.79 Å². The molecule has 0 fully saturated rings. The van der Waals surface area contributed by atoms with E-state index in [9.17, 15) is 4.79 Å². The van der Waals surface area contributed by atoms with Crippen LogP contribution in [0.3, 0.4) is 0 Å². The van der Waals surface area contributed by atoms with Crippen LogP contribution in [-0.2, 0) is 6.61 Å². The Balaban J connectivity index is 1.81. The van der Waals surface area contributed by atoms with E-state index in [1.807, 2.05) is 60.7 Å². The molecule has 0 spiro atoms. The Morgan fingerprint density at radius 2 is 1.57 bits per heavy atom. The monoisotopic (exact) mass is 375 g/mol. The molecule has 0 atom stereocenters. The lowest BCUT2D eigenvalue weighted by Crippen LogP contribution is -2.15. The number of amides is 1. The predicted octanol–water partition coefficient (Wildman–Crippen LogP) is 5.65. The fourth-order valence-electron chi connectivity index (χ4n) is 2.91. The lowest BCUT2D eigenvalue weighted by Gasteiger charge is -2.15. The number of hydrogen-bond acceptors (Lipinski definition) is 3. The van der Waals surface area contributed by atoms with Crippen LogP contribution in [0.1, 0.15) is 41.3 Å². The van der Waals surface area contributed by atoms with Gasteiger partial charge in [0.2, 0.25) is 0 Å². The van der Waals surface area contributed by atoms with Gasteiger partial charge in [0, 0.05) is 5.69 Å². The van der Waals surface area contributed by atoms with E-state index in [0.29, 0.717) is 29.6 Å². The Hall–Kier alpha value is -3.27. The van der Waals surface area contributed by atoms with Gasteiger partial charge in [0.1, 0.15) is 23.7 Å². The Labute approximate surface area is 166 Å². The van der Waals surface area contributed by atoms with Gasteiger partial charge in [-0.05, 0) is 41.3 Å². The van der Waals surface area contributed by atoms with Gasteiger partial charge in [-0.1, -0.05) is 62.4 Å². The first-order valence-electron chi connectivity index (χ1n) is 9.33. The van der Waals surface area contributed by atoms with Crippen LogP contribution >= 0.6 is 0 Å². The molecule has 0 aliphatic heterocycles. The third-order valence-electron chi connectivity index (χ3n) is 4.51. The van der Waals surface area contributed by atoms with Crippen LogP contribution in [0.15, 0.2) is 72.8 Å². The van der Waals surface area contributed by atoms with Crippen LogP contribution in [0, 0.1) is 0 Å². The van der Waals surface area contributed by atoms with Crippen molar-refractivity contribution in [3.63, 3.8) is 0 Å². The molecule has 3 rings (SSSR count). The maximum Gasteiger partial charge on any atom is 0.263 e. The van der Waals surface area contributed by atoms with Crippen molar-refractivity contribution >= 4 is 11.6 Å². The SMILES string of the molecule is COc1cccc(OCc2ccccc2)c1C(=O)Nc1ccc(C(C)C)cc1. The van der Waals surface area contributed by atoms with Crippen molar-refractivity contribution in [1.29, 1.82) is 0 Å². The molecule has 0 radical (unpaired) electrons. The van der Waals surface area contributed by atoms with Gasteiger partial charge in [0.15, 0.2) is 0 Å². The second-order valence-corrected chi connectivity index (χ2v) is 6.84. The number of methoxy groups -OCH3 is 1. The first-order valence-corrected chi connectivity index (χ1v) is 9.33. The average Bonchev–Trinajstić information content (AvgIpc) is 2.73. The number of ether oxygens (including phenoxy) is 2. The molecule has 4 nitrogen and oxygen atoms in total. The molecule has 144 valence electrons. The molecule has 0 bridgehead atoms. The molecule has 0 aromatic heterocycles. The van der Waals surface area contributed by atoms with Crippen LogP contribution < -0.4 is 14.8 Å². The largest absolute Gasteiger partial charge is 0.496 e. The van der Waals surface area contributed by atoms with E-state index in [-0.39, 0.29) is 5.91 Å². The second kappa shape index (κ2) is 9.09. The van der Waals surface area contributed by atoms with Gasteiger partial charge >= 0.3 is 0 Å². The molecule has 4 heteroatoms. The van der Waals surface area contributed by atoms with E-state index < -0.39 is 0 Å². The molecule has 1 amide bonds. The quantitative estimate of drug-likeness (QED) is 0.580. The van der Waals surface area contributed by atoms with Crippen molar-refractivity contribution in [3.8, 4) is 11.5 Å². The summed E-state index contributed by atoms with van der Waals surface area (Å²) < 4.78 is 11.3. The summed E-state index contributed by atoms with van der Waals surface area (Å²) >= 11 is 0. The average molecular weight is 375 g/mol. The topological polar surface area (TPSA) is 47.6 Å². The van der Waals surface area contributed by atoms with E-state index in [1.54, 1.807) is 19.2 Å². The summed E-state index contributed by atoms with van der Waals surface area (Å²) in [4.78, 5) is 13.0. The molecule has 0 heterocycles. The van der Waals surface area contributed by atoms with E-state index >= 15 is 0 Å². The van der Waals surface area contributed by atoms with Gasteiger partial charge in [-0.15, -0.1) is 0 Å². The summed E-state index contributed by atoms with van der Waals surface area (Å²) in [6.07, 6.45) is 0. The van der Waals surface area contributed by atoms with Crippen LogP contribution in [0.4, 0.5) is 5.69 Å². The van der Waals surface area contributed by atoms with E-state index in [4.69, 9.17) is 9.47 Å². The van der Waals surface area contributed by atoms with Crippen molar-refractivity contribution in [2.24, 2.45) is 0 Å². The van der Waals surface area contributed by atoms with Crippen molar-refractivity contribution < 1.29 is 14.3 Å².